The minimum Gasteiger partial charge on any atom is -0.495 e. The van der Waals surface area contributed by atoms with Gasteiger partial charge in [0, 0.05) is 13.1 Å². The van der Waals surface area contributed by atoms with Crippen molar-refractivity contribution >= 4 is 27.5 Å². The van der Waals surface area contributed by atoms with E-state index in [0.29, 0.717) is 5.75 Å². The summed E-state index contributed by atoms with van der Waals surface area (Å²) in [6.07, 6.45) is 7.75. The second kappa shape index (κ2) is 9.58. The number of likely N-dealkylation sites (N-methyl/N-ethyl adjacent to an activating group) is 1. The van der Waals surface area contributed by atoms with Crippen molar-refractivity contribution in [2.45, 2.75) is 55.9 Å². The Morgan fingerprint density at radius 2 is 1.85 bits per heavy atom. The van der Waals surface area contributed by atoms with Crippen molar-refractivity contribution < 1.29 is 17.9 Å². The lowest BCUT2D eigenvalue weighted by Gasteiger charge is -2.23. The number of carbonyl (C=O) groups excluding carboxylic acids is 1. The van der Waals surface area contributed by atoms with Crippen molar-refractivity contribution in [3.05, 3.63) is 23.2 Å². The van der Waals surface area contributed by atoms with Crippen LogP contribution >= 0.6 is 11.6 Å². The van der Waals surface area contributed by atoms with Crippen LogP contribution in [0.5, 0.6) is 5.75 Å². The first-order valence-corrected chi connectivity index (χ1v) is 10.8. The molecule has 0 bridgehead atoms. The van der Waals surface area contributed by atoms with Crippen LogP contribution in [0.25, 0.3) is 0 Å². The van der Waals surface area contributed by atoms with Crippen molar-refractivity contribution in [3.63, 3.8) is 0 Å². The van der Waals surface area contributed by atoms with Gasteiger partial charge in [-0.3, -0.25) is 4.79 Å². The van der Waals surface area contributed by atoms with Gasteiger partial charge in [0.15, 0.2) is 0 Å². The van der Waals surface area contributed by atoms with Gasteiger partial charge in [-0.25, -0.2) is 8.42 Å². The molecular formula is C18H27ClN2O4S. The van der Waals surface area contributed by atoms with Crippen molar-refractivity contribution in [3.8, 4) is 5.75 Å². The van der Waals surface area contributed by atoms with Gasteiger partial charge in [0.05, 0.1) is 23.6 Å². The Balaban J connectivity index is 1.99. The Labute approximate surface area is 160 Å². The average Bonchev–Trinajstić information content (AvgIpc) is 2.57. The molecule has 1 saturated carbocycles. The number of benzene rings is 1. The van der Waals surface area contributed by atoms with E-state index in [-0.39, 0.29) is 28.4 Å². The second-order valence-corrected chi connectivity index (χ2v) is 9.12. The Morgan fingerprint density at radius 3 is 2.42 bits per heavy atom. The van der Waals surface area contributed by atoms with Gasteiger partial charge >= 0.3 is 0 Å². The van der Waals surface area contributed by atoms with Gasteiger partial charge in [-0.05, 0) is 31.0 Å². The van der Waals surface area contributed by atoms with Crippen molar-refractivity contribution in [2.75, 3.05) is 20.7 Å². The highest BCUT2D eigenvalue weighted by atomic mass is 35.5. The van der Waals surface area contributed by atoms with E-state index >= 15 is 0 Å². The van der Waals surface area contributed by atoms with Gasteiger partial charge in [-0.1, -0.05) is 43.7 Å². The number of nitrogens with one attached hydrogen (secondary N) is 1. The lowest BCUT2D eigenvalue weighted by atomic mass is 9.97. The van der Waals surface area contributed by atoms with Gasteiger partial charge in [0.1, 0.15) is 5.75 Å². The molecule has 1 aromatic rings. The smallest absolute Gasteiger partial charge is 0.243 e. The van der Waals surface area contributed by atoms with Crippen LogP contribution in [-0.2, 0) is 14.8 Å². The van der Waals surface area contributed by atoms with Crippen molar-refractivity contribution in [1.82, 2.24) is 9.62 Å². The third-order valence-corrected chi connectivity index (χ3v) is 6.76. The molecule has 0 atom stereocenters. The molecule has 0 spiro atoms. The molecule has 0 unspecified atom stereocenters. The summed E-state index contributed by atoms with van der Waals surface area (Å²) in [5, 5.41) is 3.19. The Bertz CT molecular complexity index is 716. The van der Waals surface area contributed by atoms with Crippen LogP contribution < -0.4 is 10.1 Å². The van der Waals surface area contributed by atoms with E-state index in [1.165, 1.54) is 51.6 Å². The predicted molar refractivity (Wildman–Crippen MR) is 102 cm³/mol. The third kappa shape index (κ3) is 5.59. The van der Waals surface area contributed by atoms with Gasteiger partial charge in [-0.15, -0.1) is 0 Å². The molecule has 1 N–H and O–H groups in total. The van der Waals surface area contributed by atoms with E-state index in [4.69, 9.17) is 16.3 Å². The largest absolute Gasteiger partial charge is 0.495 e. The van der Waals surface area contributed by atoms with E-state index < -0.39 is 10.0 Å². The van der Waals surface area contributed by atoms with Crippen LogP contribution in [0, 0.1) is 0 Å². The number of hydrogen-bond donors (Lipinski definition) is 1. The molecule has 0 radical (unpaired) electrons. The normalized spacial score (nSPS) is 16.8. The third-order valence-electron chi connectivity index (χ3n) is 4.67. The zero-order chi connectivity index (χ0) is 19.2. The molecule has 1 aliphatic carbocycles. The number of carbonyl (C=O) groups is 1. The topological polar surface area (TPSA) is 75.7 Å². The summed E-state index contributed by atoms with van der Waals surface area (Å²) in [5.41, 5.74) is 0. The lowest BCUT2D eigenvalue weighted by Crippen LogP contribution is -2.42. The zero-order valence-corrected chi connectivity index (χ0v) is 16.9. The first-order chi connectivity index (χ1) is 12.3. The van der Waals surface area contributed by atoms with E-state index in [1.54, 1.807) is 0 Å². The average molecular weight is 403 g/mol. The number of amides is 1. The molecule has 0 aromatic heterocycles. The summed E-state index contributed by atoms with van der Waals surface area (Å²) in [4.78, 5) is 12.3. The Hall–Kier alpha value is -1.31. The molecule has 1 aliphatic rings. The summed E-state index contributed by atoms with van der Waals surface area (Å²) >= 11 is 6.02. The molecule has 8 heteroatoms. The summed E-state index contributed by atoms with van der Waals surface area (Å²) in [7, 11) is -0.949. The SMILES string of the molecule is COc1ccc(S(=O)(=O)N(C)CC(=O)NC2CCCCCCC2)cc1Cl. The van der Waals surface area contributed by atoms with Crippen LogP contribution in [-0.4, -0.2) is 45.4 Å². The summed E-state index contributed by atoms with van der Waals surface area (Å²) in [6.45, 7) is -0.220. The van der Waals surface area contributed by atoms with Crippen LogP contribution in [0.3, 0.4) is 0 Å². The van der Waals surface area contributed by atoms with Gasteiger partial charge in [0.25, 0.3) is 0 Å². The number of rotatable bonds is 6. The first-order valence-electron chi connectivity index (χ1n) is 8.94. The summed E-state index contributed by atoms with van der Waals surface area (Å²) < 4.78 is 31.4. The molecule has 1 amide bonds. The zero-order valence-electron chi connectivity index (χ0n) is 15.3. The number of halogens is 1. The fourth-order valence-corrected chi connectivity index (χ4v) is 4.62. The molecule has 146 valence electrons. The minimum absolute atomic E-state index is 0.0320. The number of nitrogens with zero attached hydrogens (tertiary/aromatic N) is 1. The predicted octanol–water partition coefficient (Wildman–Crippen LogP) is 3.20. The first kappa shape index (κ1) is 21.0. The van der Waals surface area contributed by atoms with Gasteiger partial charge in [0.2, 0.25) is 15.9 Å². The van der Waals surface area contributed by atoms with Crippen LogP contribution in [0.2, 0.25) is 5.02 Å². The maximum Gasteiger partial charge on any atom is 0.243 e. The van der Waals surface area contributed by atoms with Gasteiger partial charge in [-0.2, -0.15) is 4.31 Å². The highest BCUT2D eigenvalue weighted by Crippen LogP contribution is 2.28. The van der Waals surface area contributed by atoms with E-state index in [1.807, 2.05) is 0 Å². The number of ether oxygens (including phenoxy) is 1. The molecule has 0 heterocycles. The minimum atomic E-state index is -3.80. The molecular weight excluding hydrogens is 376 g/mol. The molecule has 0 saturated heterocycles. The standard InChI is InChI=1S/C18H27ClN2O4S/c1-21(13-18(22)20-14-8-6-4-3-5-7-9-14)26(23,24)15-10-11-17(25-2)16(19)12-15/h10-12,14H,3-9,13H2,1-2H3,(H,20,22). The van der Waals surface area contributed by atoms with Crippen LogP contribution in [0.1, 0.15) is 44.9 Å². The quantitative estimate of drug-likeness (QED) is 0.792. The Morgan fingerprint density at radius 1 is 1.23 bits per heavy atom. The molecule has 2 rings (SSSR count). The fraction of sp³-hybridized carbons (Fsp3) is 0.611. The van der Waals surface area contributed by atoms with Crippen LogP contribution in [0.15, 0.2) is 23.1 Å². The second-order valence-electron chi connectivity index (χ2n) is 6.67. The van der Waals surface area contributed by atoms with Crippen molar-refractivity contribution in [1.29, 1.82) is 0 Å². The number of methoxy groups -OCH3 is 1. The maximum absolute atomic E-state index is 12.7. The maximum atomic E-state index is 12.7. The lowest BCUT2D eigenvalue weighted by molar-refractivity contribution is -0.121. The Kier molecular flexibility index (Phi) is 7.73. The fourth-order valence-electron chi connectivity index (χ4n) is 3.15. The van der Waals surface area contributed by atoms with Crippen LogP contribution in [0.4, 0.5) is 0 Å². The van der Waals surface area contributed by atoms with E-state index in [2.05, 4.69) is 5.32 Å². The summed E-state index contributed by atoms with van der Waals surface area (Å²) in [6, 6.07) is 4.38. The van der Waals surface area contributed by atoms with E-state index in [9.17, 15) is 13.2 Å². The molecule has 1 aromatic carbocycles. The molecule has 26 heavy (non-hydrogen) atoms. The van der Waals surface area contributed by atoms with Gasteiger partial charge < -0.3 is 10.1 Å². The molecule has 0 aliphatic heterocycles. The summed E-state index contributed by atoms with van der Waals surface area (Å²) in [5.74, 6) is 0.122. The number of sulfonamides is 1. The monoisotopic (exact) mass is 402 g/mol. The molecule has 6 nitrogen and oxygen atoms in total. The number of hydrogen-bond acceptors (Lipinski definition) is 4. The van der Waals surface area contributed by atoms with E-state index in [0.717, 1.165) is 30.0 Å². The highest BCUT2D eigenvalue weighted by Gasteiger charge is 2.25. The van der Waals surface area contributed by atoms with Crippen molar-refractivity contribution in [2.24, 2.45) is 0 Å². The highest BCUT2D eigenvalue weighted by molar-refractivity contribution is 7.89. The molecule has 1 fully saturated rings.